The molecule has 5 aromatic rings. The molecule has 0 amide bonds. The van der Waals surface area contributed by atoms with E-state index in [-0.39, 0.29) is 5.41 Å². The van der Waals surface area contributed by atoms with Gasteiger partial charge in [0.05, 0.1) is 0 Å². The van der Waals surface area contributed by atoms with E-state index >= 15 is 0 Å². The van der Waals surface area contributed by atoms with E-state index in [1.54, 1.807) is 0 Å². The first kappa shape index (κ1) is 22.0. The number of benzene rings is 3. The number of aromatic nitrogens is 1. The van der Waals surface area contributed by atoms with Crippen LogP contribution in [0, 0.1) is 0 Å². The summed E-state index contributed by atoms with van der Waals surface area (Å²) in [5.74, 6) is 8.16. The summed E-state index contributed by atoms with van der Waals surface area (Å²) in [6.07, 6.45) is 1.89. The summed E-state index contributed by atoms with van der Waals surface area (Å²) in [5, 5.41) is 3.74. The smallest absolute Gasteiger partial charge is 0.0616 e. The molecule has 2 nitrogen and oxygen atoms in total. The van der Waals surface area contributed by atoms with Gasteiger partial charge in [0, 0.05) is 0 Å². The van der Waals surface area contributed by atoms with Crippen LogP contribution in [0.1, 0.15) is 26.3 Å². The topological polar surface area (TPSA) is 26.0 Å². The minimum Gasteiger partial charge on any atom is -0.0616 e. The van der Waals surface area contributed by atoms with E-state index in [4.69, 9.17) is 9.40 Å². The summed E-state index contributed by atoms with van der Waals surface area (Å²) in [6, 6.07) is 26.2. The summed E-state index contributed by atoms with van der Waals surface area (Å²) < 4.78 is 7.75. The van der Waals surface area contributed by atoms with Crippen molar-refractivity contribution in [2.45, 2.75) is 43.5 Å². The number of hydrogen-bond acceptors (Lipinski definition) is 2. The second-order valence-corrected chi connectivity index (χ2v) is 21.7. The van der Waals surface area contributed by atoms with Gasteiger partial charge in [-0.3, -0.25) is 0 Å². The first-order valence-electron chi connectivity index (χ1n) is 11.6. The van der Waals surface area contributed by atoms with Crippen LogP contribution in [0.25, 0.3) is 44.3 Å². The normalized spacial score (nSPS) is 12.5. The third-order valence-electron chi connectivity index (χ3n) is 6.39. The second-order valence-electron chi connectivity index (χ2n) is 11.0. The van der Waals surface area contributed by atoms with Gasteiger partial charge in [-0.15, -0.1) is 0 Å². The monoisotopic (exact) mass is 495 g/mol. The van der Waals surface area contributed by atoms with Gasteiger partial charge in [0.1, 0.15) is 0 Å². The number of furan rings is 1. The van der Waals surface area contributed by atoms with Gasteiger partial charge in [-0.1, -0.05) is 39.0 Å². The van der Waals surface area contributed by atoms with Crippen LogP contribution in [-0.4, -0.2) is 18.3 Å². The first-order valence-corrected chi connectivity index (χ1v) is 19.0. The fourth-order valence-corrected chi connectivity index (χ4v) is 6.93. The van der Waals surface area contributed by atoms with Gasteiger partial charge >= 0.3 is 160 Å². The molecular weight excluding hydrogens is 463 g/mol. The zero-order chi connectivity index (χ0) is 23.4. The molecule has 0 spiro atoms. The molecule has 33 heavy (non-hydrogen) atoms. The van der Waals surface area contributed by atoms with Crippen LogP contribution in [0.4, 0.5) is 0 Å². The summed E-state index contributed by atoms with van der Waals surface area (Å²) >= 11 is -1.89. The molecule has 0 unspecified atom stereocenters. The number of hydrogen-bond donors (Lipinski definition) is 0. The van der Waals surface area contributed by atoms with Crippen LogP contribution < -0.4 is 4.40 Å². The minimum atomic E-state index is -1.89. The second kappa shape index (κ2) is 7.88. The number of nitrogens with zero attached hydrogens (tertiary/aromatic N) is 1. The Balaban J connectivity index is 1.61. The fourth-order valence-electron chi connectivity index (χ4n) is 4.47. The molecule has 2 aromatic heterocycles. The molecule has 0 aliphatic rings. The molecule has 0 aliphatic carbocycles. The van der Waals surface area contributed by atoms with Crippen molar-refractivity contribution in [1.29, 1.82) is 0 Å². The zero-order valence-corrected chi connectivity index (χ0v) is 22.5. The van der Waals surface area contributed by atoms with Crippen molar-refractivity contribution in [2.75, 3.05) is 0 Å². The van der Waals surface area contributed by atoms with Crippen LogP contribution in [0.5, 0.6) is 0 Å². The molecule has 0 fully saturated rings. The number of fused-ring (bicyclic) bond motifs is 2. The molecule has 0 aliphatic heterocycles. The van der Waals surface area contributed by atoms with Gasteiger partial charge in [-0.2, -0.15) is 0 Å². The predicted octanol–water partition coefficient (Wildman–Crippen LogP) is 8.16. The standard InChI is InChI=1S/C30H31GeNO/c1-30(2,3)26-17-22(15-20-9-7-8-10-25(20)26)27-18-21(13-14-32-27)29-19-23-16-24(31(4,5)6)11-12-28(23)33-29/h7-19H,1-6H3. The van der Waals surface area contributed by atoms with Crippen LogP contribution in [-0.2, 0) is 5.41 Å². The van der Waals surface area contributed by atoms with Crippen molar-refractivity contribution in [2.24, 2.45) is 0 Å². The Labute approximate surface area is 199 Å². The van der Waals surface area contributed by atoms with Crippen LogP contribution in [0.15, 0.2) is 83.4 Å². The summed E-state index contributed by atoms with van der Waals surface area (Å²) in [4.78, 5) is 4.73. The van der Waals surface area contributed by atoms with E-state index in [2.05, 4.69) is 105 Å². The van der Waals surface area contributed by atoms with Crippen molar-refractivity contribution in [1.82, 2.24) is 4.98 Å². The summed E-state index contributed by atoms with van der Waals surface area (Å²) in [7, 11) is 0. The van der Waals surface area contributed by atoms with Gasteiger partial charge in [-0.05, 0) is 0 Å². The zero-order valence-electron chi connectivity index (χ0n) is 20.4. The van der Waals surface area contributed by atoms with Crippen molar-refractivity contribution in [3.8, 4) is 22.6 Å². The molecule has 3 aromatic carbocycles. The maximum atomic E-state index is 6.25. The quantitative estimate of drug-likeness (QED) is 0.237. The number of rotatable bonds is 3. The Kier molecular flexibility index (Phi) is 5.25. The molecule has 0 saturated carbocycles. The molecule has 0 saturated heterocycles. The Morgan fingerprint density at radius 3 is 2.30 bits per heavy atom. The molecule has 2 heterocycles. The number of pyridine rings is 1. The van der Waals surface area contributed by atoms with Crippen molar-refractivity contribution >= 4 is 39.4 Å². The average molecular weight is 494 g/mol. The van der Waals surface area contributed by atoms with E-state index in [0.717, 1.165) is 28.2 Å². The first-order chi connectivity index (χ1) is 15.6. The van der Waals surface area contributed by atoms with E-state index in [0.29, 0.717) is 0 Å². The molecule has 0 atom stereocenters. The molecule has 166 valence electrons. The SMILES string of the molecule is CC(C)(C)c1cc(-c2cc(-c3cc4c[c]([Ge]([CH3])([CH3])[CH3])ccc4o3)ccn2)cc2ccccc12. The summed E-state index contributed by atoms with van der Waals surface area (Å²) in [6.45, 7) is 6.81. The van der Waals surface area contributed by atoms with Crippen molar-refractivity contribution in [3.05, 3.63) is 84.6 Å². The Morgan fingerprint density at radius 2 is 1.55 bits per heavy atom. The van der Waals surface area contributed by atoms with E-state index in [1.807, 2.05) is 12.3 Å². The fraction of sp³-hybridized carbons (Fsp3) is 0.233. The molecule has 0 N–H and O–H groups in total. The van der Waals surface area contributed by atoms with Gasteiger partial charge in [0.2, 0.25) is 0 Å². The third kappa shape index (κ3) is 4.25. The van der Waals surface area contributed by atoms with E-state index < -0.39 is 13.3 Å². The Morgan fingerprint density at radius 1 is 0.758 bits per heavy atom. The maximum absolute atomic E-state index is 6.25. The van der Waals surface area contributed by atoms with Gasteiger partial charge in [0.15, 0.2) is 0 Å². The Hall–Kier alpha value is -2.85. The minimum absolute atomic E-state index is 0.0429. The summed E-state index contributed by atoms with van der Waals surface area (Å²) in [5.41, 5.74) is 5.49. The molecule has 5 rings (SSSR count). The predicted molar refractivity (Wildman–Crippen MR) is 144 cm³/mol. The molecule has 0 radical (unpaired) electrons. The van der Waals surface area contributed by atoms with Gasteiger partial charge in [0.25, 0.3) is 0 Å². The van der Waals surface area contributed by atoms with Crippen molar-refractivity contribution in [3.63, 3.8) is 0 Å². The van der Waals surface area contributed by atoms with E-state index in [9.17, 15) is 0 Å². The van der Waals surface area contributed by atoms with Crippen molar-refractivity contribution < 1.29 is 4.42 Å². The van der Waals surface area contributed by atoms with Gasteiger partial charge < -0.3 is 0 Å². The molecular formula is C30H31GeNO. The molecule has 0 bridgehead atoms. The third-order valence-corrected chi connectivity index (χ3v) is 10.7. The van der Waals surface area contributed by atoms with Crippen LogP contribution >= 0.6 is 0 Å². The van der Waals surface area contributed by atoms with Crippen LogP contribution in [0.2, 0.25) is 17.3 Å². The molecule has 3 heteroatoms. The average Bonchev–Trinajstić information content (AvgIpc) is 3.21. The van der Waals surface area contributed by atoms with Gasteiger partial charge in [-0.25, -0.2) is 0 Å². The Bertz CT molecular complexity index is 1480. The van der Waals surface area contributed by atoms with E-state index in [1.165, 1.54) is 26.1 Å². The van der Waals surface area contributed by atoms with Crippen LogP contribution in [0.3, 0.4) is 0 Å².